The van der Waals surface area contributed by atoms with E-state index in [0.717, 1.165) is 17.3 Å². The van der Waals surface area contributed by atoms with Gasteiger partial charge in [-0.3, -0.25) is 4.79 Å². The van der Waals surface area contributed by atoms with Crippen LogP contribution in [0.5, 0.6) is 0 Å². The SMILES string of the molecule is Cc1ccc(CN(C)C(=O)CSCC(C)CN)o1. The molecule has 1 aromatic heterocycles. The van der Waals surface area contributed by atoms with Gasteiger partial charge in [-0.2, -0.15) is 11.8 Å². The zero-order valence-electron chi connectivity index (χ0n) is 11.3. The van der Waals surface area contributed by atoms with E-state index in [9.17, 15) is 4.79 Å². The quantitative estimate of drug-likeness (QED) is 0.822. The van der Waals surface area contributed by atoms with Gasteiger partial charge in [-0.25, -0.2) is 0 Å². The third kappa shape index (κ3) is 5.14. The summed E-state index contributed by atoms with van der Waals surface area (Å²) in [6.07, 6.45) is 0. The van der Waals surface area contributed by atoms with Gasteiger partial charge in [0.2, 0.25) is 5.91 Å². The van der Waals surface area contributed by atoms with Crippen LogP contribution in [0.4, 0.5) is 0 Å². The summed E-state index contributed by atoms with van der Waals surface area (Å²) >= 11 is 1.64. The van der Waals surface area contributed by atoms with Gasteiger partial charge in [0.05, 0.1) is 12.3 Å². The van der Waals surface area contributed by atoms with Gasteiger partial charge in [0.1, 0.15) is 11.5 Å². The summed E-state index contributed by atoms with van der Waals surface area (Å²) in [5, 5.41) is 0. The van der Waals surface area contributed by atoms with Crippen LogP contribution in [0.1, 0.15) is 18.4 Å². The molecule has 1 amide bonds. The van der Waals surface area contributed by atoms with E-state index < -0.39 is 0 Å². The minimum absolute atomic E-state index is 0.123. The van der Waals surface area contributed by atoms with Gasteiger partial charge in [0, 0.05) is 7.05 Å². The summed E-state index contributed by atoms with van der Waals surface area (Å²) in [5.74, 6) is 3.70. The highest BCUT2D eigenvalue weighted by molar-refractivity contribution is 7.99. The summed E-state index contributed by atoms with van der Waals surface area (Å²) < 4.78 is 5.45. The Morgan fingerprint density at radius 1 is 1.56 bits per heavy atom. The third-order valence-corrected chi connectivity index (χ3v) is 3.90. The lowest BCUT2D eigenvalue weighted by Gasteiger charge is -2.16. The number of carbonyl (C=O) groups excluding carboxylic acids is 1. The van der Waals surface area contributed by atoms with Crippen molar-refractivity contribution in [3.8, 4) is 0 Å². The molecule has 18 heavy (non-hydrogen) atoms. The fraction of sp³-hybridized carbons (Fsp3) is 0.615. The molecule has 4 nitrogen and oxygen atoms in total. The van der Waals surface area contributed by atoms with E-state index in [0.29, 0.717) is 24.8 Å². The summed E-state index contributed by atoms with van der Waals surface area (Å²) in [6.45, 7) is 5.19. The van der Waals surface area contributed by atoms with Crippen molar-refractivity contribution in [1.82, 2.24) is 4.90 Å². The average molecular weight is 270 g/mol. The summed E-state index contributed by atoms with van der Waals surface area (Å²) in [6, 6.07) is 3.81. The predicted octanol–water partition coefficient (Wildman–Crippen LogP) is 1.87. The van der Waals surface area contributed by atoms with Crippen LogP contribution in [0.3, 0.4) is 0 Å². The predicted molar refractivity (Wildman–Crippen MR) is 75.5 cm³/mol. The Morgan fingerprint density at radius 3 is 2.83 bits per heavy atom. The van der Waals surface area contributed by atoms with E-state index in [1.54, 1.807) is 23.7 Å². The van der Waals surface area contributed by atoms with Crippen molar-refractivity contribution in [2.45, 2.75) is 20.4 Å². The molecule has 1 aromatic rings. The molecule has 0 aliphatic carbocycles. The number of rotatable bonds is 7. The maximum Gasteiger partial charge on any atom is 0.232 e. The molecule has 1 heterocycles. The Kier molecular flexibility index (Phi) is 6.29. The number of amides is 1. The van der Waals surface area contributed by atoms with Crippen LogP contribution in [0.2, 0.25) is 0 Å². The number of furan rings is 1. The molecule has 0 fully saturated rings. The van der Waals surface area contributed by atoms with E-state index in [1.165, 1.54) is 0 Å². The van der Waals surface area contributed by atoms with Gasteiger partial charge in [-0.1, -0.05) is 6.92 Å². The molecule has 0 radical (unpaired) electrons. The van der Waals surface area contributed by atoms with Crippen LogP contribution < -0.4 is 5.73 Å². The average Bonchev–Trinajstić information content (AvgIpc) is 2.74. The Hall–Kier alpha value is -0.940. The summed E-state index contributed by atoms with van der Waals surface area (Å²) in [7, 11) is 1.80. The van der Waals surface area contributed by atoms with Gasteiger partial charge in [0.25, 0.3) is 0 Å². The molecule has 0 aliphatic heterocycles. The van der Waals surface area contributed by atoms with Crippen LogP contribution in [-0.2, 0) is 11.3 Å². The summed E-state index contributed by atoms with van der Waals surface area (Å²) in [4.78, 5) is 13.5. The largest absolute Gasteiger partial charge is 0.464 e. The maximum absolute atomic E-state index is 11.9. The molecule has 1 atom stereocenters. The highest BCUT2D eigenvalue weighted by atomic mass is 32.2. The Morgan fingerprint density at radius 2 is 2.28 bits per heavy atom. The number of thioether (sulfide) groups is 1. The lowest BCUT2D eigenvalue weighted by atomic mass is 10.2. The van der Waals surface area contributed by atoms with Gasteiger partial charge < -0.3 is 15.1 Å². The fourth-order valence-electron chi connectivity index (χ4n) is 1.42. The lowest BCUT2D eigenvalue weighted by Crippen LogP contribution is -2.28. The Bertz CT molecular complexity index is 379. The van der Waals surface area contributed by atoms with Crippen molar-refractivity contribution in [2.24, 2.45) is 11.7 Å². The highest BCUT2D eigenvalue weighted by Crippen LogP contribution is 2.11. The first-order valence-corrected chi connectivity index (χ1v) is 7.25. The number of hydrogen-bond donors (Lipinski definition) is 1. The van der Waals surface area contributed by atoms with Crippen LogP contribution in [0.15, 0.2) is 16.5 Å². The zero-order valence-corrected chi connectivity index (χ0v) is 12.1. The van der Waals surface area contributed by atoms with Crippen molar-refractivity contribution < 1.29 is 9.21 Å². The third-order valence-electron chi connectivity index (χ3n) is 2.65. The van der Waals surface area contributed by atoms with Crippen molar-refractivity contribution >= 4 is 17.7 Å². The number of nitrogens with two attached hydrogens (primary N) is 1. The van der Waals surface area contributed by atoms with Crippen LogP contribution in [0.25, 0.3) is 0 Å². The van der Waals surface area contributed by atoms with E-state index in [4.69, 9.17) is 10.2 Å². The second-order valence-corrected chi connectivity index (χ2v) is 5.65. The second-order valence-electron chi connectivity index (χ2n) is 4.62. The first-order valence-electron chi connectivity index (χ1n) is 6.10. The van der Waals surface area contributed by atoms with Gasteiger partial charge in [-0.15, -0.1) is 0 Å². The van der Waals surface area contributed by atoms with Crippen molar-refractivity contribution in [1.29, 1.82) is 0 Å². The second kappa shape index (κ2) is 7.48. The van der Waals surface area contributed by atoms with Crippen molar-refractivity contribution in [2.75, 3.05) is 25.1 Å². The molecule has 0 bridgehead atoms. The van der Waals surface area contributed by atoms with E-state index in [1.807, 2.05) is 19.1 Å². The zero-order chi connectivity index (χ0) is 13.5. The van der Waals surface area contributed by atoms with Crippen LogP contribution in [0, 0.1) is 12.8 Å². The molecular weight excluding hydrogens is 248 g/mol. The van der Waals surface area contributed by atoms with Crippen LogP contribution in [-0.4, -0.2) is 35.9 Å². The summed E-state index contributed by atoms with van der Waals surface area (Å²) in [5.41, 5.74) is 5.53. The van der Waals surface area contributed by atoms with E-state index in [2.05, 4.69) is 6.92 Å². The number of nitrogens with zero attached hydrogens (tertiary/aromatic N) is 1. The molecule has 0 saturated carbocycles. The monoisotopic (exact) mass is 270 g/mol. The lowest BCUT2D eigenvalue weighted by molar-refractivity contribution is -0.127. The molecule has 0 saturated heterocycles. The Labute approximate surface area is 113 Å². The first kappa shape index (κ1) is 15.1. The first-order chi connectivity index (χ1) is 8.52. The molecular formula is C13H22N2O2S. The molecule has 0 aliphatic rings. The highest BCUT2D eigenvalue weighted by Gasteiger charge is 2.11. The molecule has 1 unspecified atom stereocenters. The molecule has 5 heteroatoms. The minimum Gasteiger partial charge on any atom is -0.464 e. The van der Waals surface area contributed by atoms with E-state index in [-0.39, 0.29) is 5.91 Å². The standard InChI is InChI=1S/C13H22N2O2S/c1-10(6-14)8-18-9-13(16)15(3)7-12-5-4-11(2)17-12/h4-5,10H,6-9,14H2,1-3H3. The normalized spacial score (nSPS) is 12.4. The molecule has 102 valence electrons. The van der Waals surface area contributed by atoms with Crippen molar-refractivity contribution in [3.63, 3.8) is 0 Å². The topological polar surface area (TPSA) is 59.5 Å². The van der Waals surface area contributed by atoms with Crippen molar-refractivity contribution in [3.05, 3.63) is 23.7 Å². The Balaban J connectivity index is 2.28. The fourth-order valence-corrected chi connectivity index (χ4v) is 2.47. The molecule has 0 spiro atoms. The number of aryl methyl sites for hydroxylation is 1. The molecule has 1 rings (SSSR count). The van der Waals surface area contributed by atoms with Gasteiger partial charge in [0.15, 0.2) is 0 Å². The number of hydrogen-bond acceptors (Lipinski definition) is 4. The number of carbonyl (C=O) groups is 1. The van der Waals surface area contributed by atoms with Gasteiger partial charge in [-0.05, 0) is 37.3 Å². The molecule has 0 aromatic carbocycles. The molecule has 2 N–H and O–H groups in total. The maximum atomic E-state index is 11.9. The van der Waals surface area contributed by atoms with E-state index >= 15 is 0 Å². The van der Waals surface area contributed by atoms with Gasteiger partial charge >= 0.3 is 0 Å². The smallest absolute Gasteiger partial charge is 0.232 e. The van der Waals surface area contributed by atoms with Crippen LogP contribution >= 0.6 is 11.8 Å². The minimum atomic E-state index is 0.123.